The molecule has 2 N–H and O–H groups in total. The fourth-order valence-electron chi connectivity index (χ4n) is 2.28. The Morgan fingerprint density at radius 3 is 2.53 bits per heavy atom. The second-order valence-corrected chi connectivity index (χ2v) is 4.97. The Labute approximate surface area is 114 Å². The van der Waals surface area contributed by atoms with Crippen molar-refractivity contribution < 1.29 is 14.6 Å². The number of rotatable bonds is 8. The van der Waals surface area contributed by atoms with Gasteiger partial charge in [0.2, 0.25) is 0 Å². The molecule has 0 saturated heterocycles. The molecule has 108 valence electrons. The van der Waals surface area contributed by atoms with Crippen molar-refractivity contribution in [3.05, 3.63) is 35.6 Å². The van der Waals surface area contributed by atoms with E-state index >= 15 is 0 Å². The molecule has 1 aromatic rings. The van der Waals surface area contributed by atoms with Crippen LogP contribution in [0, 0.1) is 11.7 Å². The smallest absolute Gasteiger partial charge is 0.129 e. The molecule has 0 aliphatic heterocycles. The number of hydrogen-bond acceptors (Lipinski definition) is 3. The summed E-state index contributed by atoms with van der Waals surface area (Å²) in [6, 6.07) is 6.33. The van der Waals surface area contributed by atoms with Crippen LogP contribution in [0.15, 0.2) is 24.3 Å². The van der Waals surface area contributed by atoms with E-state index in [0.717, 1.165) is 13.0 Å². The fraction of sp³-hybridized carbons (Fsp3) is 0.600. The Hall–Kier alpha value is -0.970. The zero-order valence-electron chi connectivity index (χ0n) is 11.7. The summed E-state index contributed by atoms with van der Waals surface area (Å²) in [7, 11) is 0. The molecule has 0 spiro atoms. The minimum absolute atomic E-state index is 0.0880. The molecule has 4 heteroatoms. The van der Waals surface area contributed by atoms with Crippen LogP contribution >= 0.6 is 0 Å². The molecule has 1 aromatic carbocycles. The predicted octanol–water partition coefficient (Wildman–Crippen LogP) is 2.20. The molecule has 0 heterocycles. The SMILES string of the molecule is CCCN(CCO)CC(C)C(O)c1ccccc1F. The summed E-state index contributed by atoms with van der Waals surface area (Å²) in [5.41, 5.74) is 0.343. The predicted molar refractivity (Wildman–Crippen MR) is 74.3 cm³/mol. The molecule has 2 unspecified atom stereocenters. The monoisotopic (exact) mass is 269 g/mol. The van der Waals surface area contributed by atoms with Crippen LogP contribution in [0.3, 0.4) is 0 Å². The van der Waals surface area contributed by atoms with E-state index < -0.39 is 6.10 Å². The molecule has 3 nitrogen and oxygen atoms in total. The maximum absolute atomic E-state index is 13.6. The van der Waals surface area contributed by atoms with Crippen molar-refractivity contribution in [3.63, 3.8) is 0 Å². The minimum Gasteiger partial charge on any atom is -0.395 e. The molecule has 0 amide bonds. The first-order valence-corrected chi connectivity index (χ1v) is 6.85. The number of benzene rings is 1. The third-order valence-corrected chi connectivity index (χ3v) is 3.27. The summed E-state index contributed by atoms with van der Waals surface area (Å²) < 4.78 is 13.6. The first-order chi connectivity index (χ1) is 9.10. The van der Waals surface area contributed by atoms with Crippen LogP contribution < -0.4 is 0 Å². The van der Waals surface area contributed by atoms with Gasteiger partial charge in [0.25, 0.3) is 0 Å². The molecule has 0 bridgehead atoms. The Bertz CT molecular complexity index is 367. The fourth-order valence-corrected chi connectivity index (χ4v) is 2.28. The quantitative estimate of drug-likeness (QED) is 0.760. The lowest BCUT2D eigenvalue weighted by molar-refractivity contribution is 0.0789. The first-order valence-electron chi connectivity index (χ1n) is 6.85. The lowest BCUT2D eigenvalue weighted by atomic mass is 9.96. The third kappa shape index (κ3) is 4.90. The van der Waals surface area contributed by atoms with Crippen molar-refractivity contribution in [2.24, 2.45) is 5.92 Å². The van der Waals surface area contributed by atoms with Gasteiger partial charge in [0.1, 0.15) is 5.82 Å². The van der Waals surface area contributed by atoms with Crippen LogP contribution in [0.5, 0.6) is 0 Å². The van der Waals surface area contributed by atoms with E-state index in [0.29, 0.717) is 18.7 Å². The number of aliphatic hydroxyl groups is 2. The minimum atomic E-state index is -0.820. The van der Waals surface area contributed by atoms with Crippen LogP contribution in [-0.2, 0) is 0 Å². The molecule has 0 fully saturated rings. The highest BCUT2D eigenvalue weighted by molar-refractivity contribution is 5.20. The first kappa shape index (κ1) is 16.1. The second kappa shape index (κ2) is 8.25. The van der Waals surface area contributed by atoms with Gasteiger partial charge >= 0.3 is 0 Å². The highest BCUT2D eigenvalue weighted by Crippen LogP contribution is 2.24. The Balaban J connectivity index is 2.65. The van der Waals surface area contributed by atoms with Crippen molar-refractivity contribution in [1.29, 1.82) is 0 Å². The van der Waals surface area contributed by atoms with Gasteiger partial charge in [0.15, 0.2) is 0 Å². The van der Waals surface area contributed by atoms with Crippen LogP contribution in [0.25, 0.3) is 0 Å². The number of halogens is 1. The molecule has 1 rings (SSSR count). The highest BCUT2D eigenvalue weighted by Gasteiger charge is 2.21. The zero-order valence-corrected chi connectivity index (χ0v) is 11.7. The molecular formula is C15H24FNO2. The lowest BCUT2D eigenvalue weighted by Crippen LogP contribution is -2.34. The average Bonchev–Trinajstić information content (AvgIpc) is 2.39. The summed E-state index contributed by atoms with van der Waals surface area (Å²) in [4.78, 5) is 2.09. The van der Waals surface area contributed by atoms with Crippen molar-refractivity contribution >= 4 is 0 Å². The average molecular weight is 269 g/mol. The van der Waals surface area contributed by atoms with Gasteiger partial charge in [-0.3, -0.25) is 0 Å². The Morgan fingerprint density at radius 1 is 1.26 bits per heavy atom. The van der Waals surface area contributed by atoms with Gasteiger partial charge in [0, 0.05) is 18.7 Å². The van der Waals surface area contributed by atoms with E-state index in [9.17, 15) is 9.50 Å². The van der Waals surface area contributed by atoms with Crippen molar-refractivity contribution in [2.75, 3.05) is 26.2 Å². The standard InChI is InChI=1S/C15H24FNO2/c1-3-8-17(9-10-18)11-12(2)15(19)13-6-4-5-7-14(13)16/h4-7,12,15,18-19H,3,8-11H2,1-2H3. The van der Waals surface area contributed by atoms with Gasteiger partial charge in [-0.2, -0.15) is 0 Å². The van der Waals surface area contributed by atoms with E-state index in [1.165, 1.54) is 6.07 Å². The summed E-state index contributed by atoms with van der Waals surface area (Å²) >= 11 is 0. The highest BCUT2D eigenvalue weighted by atomic mass is 19.1. The van der Waals surface area contributed by atoms with E-state index in [4.69, 9.17) is 5.11 Å². The maximum atomic E-state index is 13.6. The molecule has 0 saturated carbocycles. The van der Waals surface area contributed by atoms with Gasteiger partial charge in [0.05, 0.1) is 12.7 Å². The maximum Gasteiger partial charge on any atom is 0.129 e. The van der Waals surface area contributed by atoms with Gasteiger partial charge in [-0.1, -0.05) is 32.0 Å². The van der Waals surface area contributed by atoms with E-state index in [1.54, 1.807) is 18.2 Å². The van der Waals surface area contributed by atoms with Gasteiger partial charge in [-0.25, -0.2) is 4.39 Å². The number of aliphatic hydroxyl groups excluding tert-OH is 2. The normalized spacial score (nSPS) is 14.6. The number of hydrogen-bond donors (Lipinski definition) is 2. The molecule has 2 atom stereocenters. The summed E-state index contributed by atoms with van der Waals surface area (Å²) in [6.07, 6.45) is 0.168. The molecule has 19 heavy (non-hydrogen) atoms. The van der Waals surface area contributed by atoms with Gasteiger partial charge < -0.3 is 15.1 Å². The van der Waals surface area contributed by atoms with E-state index in [-0.39, 0.29) is 18.3 Å². The van der Waals surface area contributed by atoms with E-state index in [1.807, 2.05) is 6.92 Å². The third-order valence-electron chi connectivity index (χ3n) is 3.27. The van der Waals surface area contributed by atoms with Crippen LogP contribution in [0.2, 0.25) is 0 Å². The molecule has 0 aromatic heterocycles. The van der Waals surface area contributed by atoms with Gasteiger partial charge in [-0.05, 0) is 24.9 Å². The zero-order chi connectivity index (χ0) is 14.3. The molecular weight excluding hydrogens is 245 g/mol. The second-order valence-electron chi connectivity index (χ2n) is 4.97. The molecule has 0 aliphatic rings. The van der Waals surface area contributed by atoms with Crippen molar-refractivity contribution in [1.82, 2.24) is 4.90 Å². The summed E-state index contributed by atoms with van der Waals surface area (Å²) in [5, 5.41) is 19.2. The van der Waals surface area contributed by atoms with Crippen molar-refractivity contribution in [3.8, 4) is 0 Å². The van der Waals surface area contributed by atoms with Crippen molar-refractivity contribution in [2.45, 2.75) is 26.4 Å². The molecule has 0 radical (unpaired) electrons. The largest absolute Gasteiger partial charge is 0.395 e. The van der Waals surface area contributed by atoms with Crippen LogP contribution in [0.1, 0.15) is 31.9 Å². The van der Waals surface area contributed by atoms with Gasteiger partial charge in [-0.15, -0.1) is 0 Å². The lowest BCUT2D eigenvalue weighted by Gasteiger charge is -2.27. The Kier molecular flexibility index (Phi) is 6.99. The van der Waals surface area contributed by atoms with Crippen LogP contribution in [0.4, 0.5) is 4.39 Å². The van der Waals surface area contributed by atoms with Crippen LogP contribution in [-0.4, -0.2) is 41.4 Å². The Morgan fingerprint density at radius 2 is 1.95 bits per heavy atom. The summed E-state index contributed by atoms with van der Waals surface area (Å²) in [6.45, 7) is 6.17. The number of nitrogens with zero attached hydrogens (tertiary/aromatic N) is 1. The molecule has 0 aliphatic carbocycles. The van der Waals surface area contributed by atoms with E-state index in [2.05, 4.69) is 11.8 Å². The summed E-state index contributed by atoms with van der Waals surface area (Å²) in [5.74, 6) is -0.457. The topological polar surface area (TPSA) is 43.7 Å².